The number of aromatic hydroxyl groups is 1. The van der Waals surface area contributed by atoms with E-state index in [2.05, 4.69) is 11.8 Å². The van der Waals surface area contributed by atoms with Gasteiger partial charge < -0.3 is 5.11 Å². The quantitative estimate of drug-likeness (QED) is 0.578. The highest BCUT2D eigenvalue weighted by Gasteiger charge is 1.88. The molecule has 0 radical (unpaired) electrons. The van der Waals surface area contributed by atoms with Gasteiger partial charge in [0, 0.05) is 11.5 Å². The standard InChI is InChI=1S/C11H12O/c1-9(2)6-7-10-4-3-5-11(12)8-10/h3-5,8-9,12H,1-2H3. The number of rotatable bonds is 0. The molecular formula is C11H12O. The summed E-state index contributed by atoms with van der Waals surface area (Å²) in [5.74, 6) is 6.64. The first kappa shape index (κ1) is 8.67. The van der Waals surface area contributed by atoms with Gasteiger partial charge in [-0.3, -0.25) is 0 Å². The van der Waals surface area contributed by atoms with Crippen molar-refractivity contribution in [2.75, 3.05) is 0 Å². The van der Waals surface area contributed by atoms with Crippen LogP contribution in [0.5, 0.6) is 5.75 Å². The molecule has 0 amide bonds. The van der Waals surface area contributed by atoms with Gasteiger partial charge >= 0.3 is 0 Å². The van der Waals surface area contributed by atoms with Crippen molar-refractivity contribution in [1.29, 1.82) is 0 Å². The highest BCUT2D eigenvalue weighted by molar-refractivity contribution is 5.39. The van der Waals surface area contributed by atoms with E-state index in [1.165, 1.54) is 0 Å². The second-order valence-electron chi connectivity index (χ2n) is 2.97. The molecule has 1 heteroatoms. The molecule has 0 saturated heterocycles. The van der Waals surface area contributed by atoms with E-state index < -0.39 is 0 Å². The lowest BCUT2D eigenvalue weighted by Crippen LogP contribution is -1.79. The van der Waals surface area contributed by atoms with Gasteiger partial charge in [0.25, 0.3) is 0 Å². The minimum Gasteiger partial charge on any atom is -0.508 e. The van der Waals surface area contributed by atoms with Crippen molar-refractivity contribution >= 4 is 0 Å². The lowest BCUT2D eigenvalue weighted by atomic mass is 10.2. The zero-order valence-corrected chi connectivity index (χ0v) is 7.33. The van der Waals surface area contributed by atoms with Gasteiger partial charge in [0.15, 0.2) is 0 Å². The Labute approximate surface area is 73.0 Å². The molecule has 0 heterocycles. The molecular weight excluding hydrogens is 148 g/mol. The monoisotopic (exact) mass is 160 g/mol. The third kappa shape index (κ3) is 2.67. The Balaban J connectivity index is 2.85. The topological polar surface area (TPSA) is 20.2 Å². The van der Waals surface area contributed by atoms with Gasteiger partial charge in [0.1, 0.15) is 5.75 Å². The van der Waals surface area contributed by atoms with Crippen molar-refractivity contribution in [3.63, 3.8) is 0 Å². The SMILES string of the molecule is CC(C)C#Cc1cccc(O)c1. The van der Waals surface area contributed by atoms with E-state index >= 15 is 0 Å². The smallest absolute Gasteiger partial charge is 0.116 e. The average molecular weight is 160 g/mol. The number of phenols is 1. The van der Waals surface area contributed by atoms with Crippen molar-refractivity contribution in [1.82, 2.24) is 0 Å². The van der Waals surface area contributed by atoms with Gasteiger partial charge in [-0.1, -0.05) is 31.8 Å². The molecule has 1 aromatic carbocycles. The number of phenolic OH excluding ortho intramolecular Hbond substituents is 1. The summed E-state index contributed by atoms with van der Waals surface area (Å²) >= 11 is 0. The normalized spacial score (nSPS) is 9.25. The third-order valence-electron chi connectivity index (χ3n) is 1.35. The Bertz CT molecular complexity index is 315. The Morgan fingerprint density at radius 1 is 1.33 bits per heavy atom. The van der Waals surface area contributed by atoms with E-state index in [1.807, 2.05) is 19.9 Å². The molecule has 0 spiro atoms. The van der Waals surface area contributed by atoms with E-state index in [9.17, 15) is 0 Å². The maximum absolute atomic E-state index is 9.11. The Morgan fingerprint density at radius 3 is 2.67 bits per heavy atom. The maximum atomic E-state index is 9.11. The van der Waals surface area contributed by atoms with Crippen LogP contribution in [-0.4, -0.2) is 5.11 Å². The van der Waals surface area contributed by atoms with Gasteiger partial charge in [0.05, 0.1) is 0 Å². The summed E-state index contributed by atoms with van der Waals surface area (Å²) in [4.78, 5) is 0. The Hall–Kier alpha value is -1.42. The Morgan fingerprint density at radius 2 is 2.08 bits per heavy atom. The zero-order valence-electron chi connectivity index (χ0n) is 7.33. The summed E-state index contributed by atoms with van der Waals surface area (Å²) in [5.41, 5.74) is 0.865. The van der Waals surface area contributed by atoms with E-state index in [0.717, 1.165) is 5.56 Å². The van der Waals surface area contributed by atoms with Gasteiger partial charge in [-0.15, -0.1) is 0 Å². The zero-order chi connectivity index (χ0) is 8.97. The van der Waals surface area contributed by atoms with E-state index in [-0.39, 0.29) is 5.75 Å². The molecule has 0 bridgehead atoms. The second-order valence-corrected chi connectivity index (χ2v) is 2.97. The number of hydrogen-bond donors (Lipinski definition) is 1. The van der Waals surface area contributed by atoms with Gasteiger partial charge in [-0.25, -0.2) is 0 Å². The Kier molecular flexibility index (Phi) is 2.76. The molecule has 1 nitrogen and oxygen atoms in total. The first-order chi connectivity index (χ1) is 5.68. The molecule has 1 N–H and O–H groups in total. The minimum absolute atomic E-state index is 0.269. The number of benzene rings is 1. The van der Waals surface area contributed by atoms with Crippen LogP contribution in [0.15, 0.2) is 24.3 Å². The maximum Gasteiger partial charge on any atom is 0.116 e. The molecule has 0 aliphatic rings. The molecule has 0 aromatic heterocycles. The van der Waals surface area contributed by atoms with Gasteiger partial charge in [-0.05, 0) is 18.2 Å². The van der Waals surface area contributed by atoms with Crippen LogP contribution in [0.2, 0.25) is 0 Å². The highest BCUT2D eigenvalue weighted by Crippen LogP contribution is 2.09. The molecule has 0 atom stereocenters. The summed E-state index contributed by atoms with van der Waals surface area (Å²) in [5, 5.41) is 9.11. The largest absolute Gasteiger partial charge is 0.508 e. The van der Waals surface area contributed by atoms with Crippen LogP contribution in [0.4, 0.5) is 0 Å². The fourth-order valence-corrected chi connectivity index (χ4v) is 0.811. The van der Waals surface area contributed by atoms with Crippen molar-refractivity contribution in [3.8, 4) is 17.6 Å². The number of hydrogen-bond acceptors (Lipinski definition) is 1. The predicted octanol–water partition coefficient (Wildman–Crippen LogP) is 2.40. The van der Waals surface area contributed by atoms with Crippen molar-refractivity contribution in [3.05, 3.63) is 29.8 Å². The second kappa shape index (κ2) is 3.82. The molecule has 12 heavy (non-hydrogen) atoms. The molecule has 0 saturated carbocycles. The highest BCUT2D eigenvalue weighted by atomic mass is 16.3. The van der Waals surface area contributed by atoms with E-state index in [4.69, 9.17) is 5.11 Å². The third-order valence-corrected chi connectivity index (χ3v) is 1.35. The van der Waals surface area contributed by atoms with Crippen LogP contribution in [0, 0.1) is 17.8 Å². The predicted molar refractivity (Wildman–Crippen MR) is 49.8 cm³/mol. The summed E-state index contributed by atoms with van der Waals surface area (Å²) in [7, 11) is 0. The summed E-state index contributed by atoms with van der Waals surface area (Å²) in [6.07, 6.45) is 0. The fourth-order valence-electron chi connectivity index (χ4n) is 0.811. The fraction of sp³-hybridized carbons (Fsp3) is 0.273. The van der Waals surface area contributed by atoms with Gasteiger partial charge in [-0.2, -0.15) is 0 Å². The van der Waals surface area contributed by atoms with E-state index in [0.29, 0.717) is 5.92 Å². The van der Waals surface area contributed by atoms with Crippen LogP contribution in [0.1, 0.15) is 19.4 Å². The van der Waals surface area contributed by atoms with Crippen LogP contribution < -0.4 is 0 Å². The van der Waals surface area contributed by atoms with Crippen LogP contribution in [-0.2, 0) is 0 Å². The van der Waals surface area contributed by atoms with Crippen LogP contribution in [0.3, 0.4) is 0 Å². The summed E-state index contributed by atoms with van der Waals surface area (Å²) in [6.45, 7) is 4.07. The molecule has 0 unspecified atom stereocenters. The first-order valence-electron chi connectivity index (χ1n) is 3.99. The molecule has 0 aliphatic carbocycles. The van der Waals surface area contributed by atoms with Crippen LogP contribution >= 0.6 is 0 Å². The summed E-state index contributed by atoms with van der Waals surface area (Å²) in [6, 6.07) is 6.98. The molecule has 1 rings (SSSR count). The average Bonchev–Trinajstić information content (AvgIpc) is 2.01. The summed E-state index contributed by atoms with van der Waals surface area (Å²) < 4.78 is 0. The molecule has 1 aromatic rings. The van der Waals surface area contributed by atoms with Crippen molar-refractivity contribution < 1.29 is 5.11 Å². The van der Waals surface area contributed by atoms with Crippen molar-refractivity contribution in [2.45, 2.75) is 13.8 Å². The van der Waals surface area contributed by atoms with Crippen molar-refractivity contribution in [2.24, 2.45) is 5.92 Å². The lowest BCUT2D eigenvalue weighted by Gasteiger charge is -1.92. The molecule has 62 valence electrons. The van der Waals surface area contributed by atoms with E-state index in [1.54, 1.807) is 18.2 Å². The van der Waals surface area contributed by atoms with Crippen LogP contribution in [0.25, 0.3) is 0 Å². The van der Waals surface area contributed by atoms with Gasteiger partial charge in [0.2, 0.25) is 0 Å². The molecule has 0 aliphatic heterocycles. The minimum atomic E-state index is 0.269. The first-order valence-corrected chi connectivity index (χ1v) is 3.99. The molecule has 0 fully saturated rings. The lowest BCUT2D eigenvalue weighted by molar-refractivity contribution is 0.475.